The van der Waals surface area contributed by atoms with Crippen molar-refractivity contribution in [2.75, 3.05) is 0 Å². The van der Waals surface area contributed by atoms with Crippen LogP contribution in [0.3, 0.4) is 0 Å². The molecule has 5 aromatic rings. The topological polar surface area (TPSA) is 52.2 Å². The molecule has 0 fully saturated rings. The summed E-state index contributed by atoms with van der Waals surface area (Å²) in [4.78, 5) is 14.3. The van der Waals surface area contributed by atoms with Gasteiger partial charge in [0.15, 0.2) is 5.82 Å². The molecule has 0 amide bonds. The summed E-state index contributed by atoms with van der Waals surface area (Å²) in [6, 6.07) is 18.0. The smallest absolute Gasteiger partial charge is 0.263 e. The van der Waals surface area contributed by atoms with Gasteiger partial charge < -0.3 is 0 Å². The SMILES string of the molecule is Cc1ccc(Cn2c(=O)c3ccccc3n3c(-c4sccc4C)nnc23)cc1. The monoisotopic (exact) mass is 386 g/mol. The molecule has 0 saturated heterocycles. The Balaban J connectivity index is 1.84. The van der Waals surface area contributed by atoms with E-state index in [4.69, 9.17) is 0 Å². The van der Waals surface area contributed by atoms with Crippen molar-refractivity contribution >= 4 is 28.0 Å². The molecule has 0 aliphatic carbocycles. The maximum absolute atomic E-state index is 13.3. The van der Waals surface area contributed by atoms with Crippen LogP contribution in [0.15, 0.2) is 64.8 Å². The molecule has 3 aromatic heterocycles. The van der Waals surface area contributed by atoms with Crippen LogP contribution in [0.5, 0.6) is 0 Å². The van der Waals surface area contributed by atoms with E-state index in [1.807, 2.05) is 40.8 Å². The van der Waals surface area contributed by atoms with Crippen LogP contribution in [0.25, 0.3) is 27.4 Å². The third kappa shape index (κ3) is 2.57. The Bertz CT molecular complexity index is 1380. The van der Waals surface area contributed by atoms with Crippen molar-refractivity contribution in [2.45, 2.75) is 20.4 Å². The fraction of sp³-hybridized carbons (Fsp3) is 0.136. The summed E-state index contributed by atoms with van der Waals surface area (Å²) in [6.07, 6.45) is 0. The molecule has 138 valence electrons. The molecule has 6 heteroatoms. The number of benzene rings is 2. The molecule has 0 radical (unpaired) electrons. The molecular weight excluding hydrogens is 368 g/mol. The molecule has 28 heavy (non-hydrogen) atoms. The Morgan fingerprint density at radius 2 is 1.75 bits per heavy atom. The number of nitrogens with zero attached hydrogens (tertiary/aromatic N) is 4. The second kappa shape index (κ2) is 6.42. The fourth-order valence-electron chi connectivity index (χ4n) is 3.53. The van der Waals surface area contributed by atoms with Crippen molar-refractivity contribution in [3.8, 4) is 10.7 Å². The lowest BCUT2D eigenvalue weighted by Gasteiger charge is -2.11. The van der Waals surface area contributed by atoms with Gasteiger partial charge in [0, 0.05) is 0 Å². The highest BCUT2D eigenvalue weighted by atomic mass is 32.1. The van der Waals surface area contributed by atoms with Crippen molar-refractivity contribution in [2.24, 2.45) is 0 Å². The Labute approximate surface area is 165 Å². The molecule has 5 rings (SSSR count). The molecule has 0 aliphatic rings. The van der Waals surface area contributed by atoms with Crippen LogP contribution < -0.4 is 5.56 Å². The van der Waals surface area contributed by atoms with Crippen LogP contribution in [0, 0.1) is 13.8 Å². The number of para-hydroxylation sites is 1. The van der Waals surface area contributed by atoms with Crippen LogP contribution in [-0.4, -0.2) is 19.2 Å². The van der Waals surface area contributed by atoms with E-state index in [2.05, 4.69) is 47.6 Å². The van der Waals surface area contributed by atoms with Gasteiger partial charge >= 0.3 is 0 Å². The van der Waals surface area contributed by atoms with Crippen LogP contribution in [-0.2, 0) is 6.54 Å². The number of aromatic nitrogens is 4. The predicted octanol–water partition coefficient (Wildman–Crippen LogP) is 4.44. The van der Waals surface area contributed by atoms with Crippen molar-refractivity contribution < 1.29 is 0 Å². The number of hydrogen-bond acceptors (Lipinski definition) is 4. The Hall–Kier alpha value is -3.25. The van der Waals surface area contributed by atoms with Gasteiger partial charge in [-0.05, 0) is 48.6 Å². The molecular formula is C22H18N4OS. The van der Waals surface area contributed by atoms with Gasteiger partial charge in [0.1, 0.15) is 0 Å². The predicted molar refractivity (Wildman–Crippen MR) is 113 cm³/mol. The molecule has 5 nitrogen and oxygen atoms in total. The normalized spacial score (nSPS) is 11.5. The molecule has 3 heterocycles. The lowest BCUT2D eigenvalue weighted by atomic mass is 10.1. The lowest BCUT2D eigenvalue weighted by Crippen LogP contribution is -2.24. The van der Waals surface area contributed by atoms with Gasteiger partial charge in [-0.15, -0.1) is 21.5 Å². The average molecular weight is 386 g/mol. The maximum atomic E-state index is 13.3. The van der Waals surface area contributed by atoms with E-state index >= 15 is 0 Å². The largest absolute Gasteiger partial charge is 0.272 e. The highest BCUT2D eigenvalue weighted by Crippen LogP contribution is 2.29. The highest BCUT2D eigenvalue weighted by molar-refractivity contribution is 7.13. The summed E-state index contributed by atoms with van der Waals surface area (Å²) >= 11 is 1.64. The van der Waals surface area contributed by atoms with Crippen molar-refractivity contribution in [3.05, 3.63) is 87.0 Å². The summed E-state index contributed by atoms with van der Waals surface area (Å²) in [7, 11) is 0. The first kappa shape index (κ1) is 16.9. The number of aryl methyl sites for hydroxylation is 2. The van der Waals surface area contributed by atoms with Crippen molar-refractivity contribution in [3.63, 3.8) is 0 Å². The van der Waals surface area contributed by atoms with E-state index < -0.39 is 0 Å². The highest BCUT2D eigenvalue weighted by Gasteiger charge is 2.19. The van der Waals surface area contributed by atoms with E-state index in [0.29, 0.717) is 17.7 Å². The molecule has 0 unspecified atom stereocenters. The number of thiophene rings is 1. The van der Waals surface area contributed by atoms with Crippen LogP contribution in [0.4, 0.5) is 0 Å². The Morgan fingerprint density at radius 1 is 0.964 bits per heavy atom. The first-order chi connectivity index (χ1) is 13.6. The van der Waals surface area contributed by atoms with Crippen molar-refractivity contribution in [1.29, 1.82) is 0 Å². The van der Waals surface area contributed by atoms with Gasteiger partial charge in [-0.2, -0.15) is 0 Å². The summed E-state index contributed by atoms with van der Waals surface area (Å²) in [6.45, 7) is 4.57. The van der Waals surface area contributed by atoms with Crippen LogP contribution in [0.2, 0.25) is 0 Å². The van der Waals surface area contributed by atoms with Gasteiger partial charge in [0.2, 0.25) is 5.78 Å². The first-order valence-corrected chi connectivity index (χ1v) is 9.98. The molecule has 0 N–H and O–H groups in total. The zero-order chi connectivity index (χ0) is 19.3. The molecule has 0 aliphatic heterocycles. The fourth-order valence-corrected chi connectivity index (χ4v) is 4.43. The Morgan fingerprint density at radius 3 is 2.50 bits per heavy atom. The molecule has 2 aromatic carbocycles. The van der Waals surface area contributed by atoms with E-state index in [9.17, 15) is 4.79 Å². The zero-order valence-corrected chi connectivity index (χ0v) is 16.4. The molecule has 0 saturated carbocycles. The average Bonchev–Trinajstić information content (AvgIpc) is 3.32. The molecule has 0 spiro atoms. The van der Waals surface area contributed by atoms with Gasteiger partial charge in [0.05, 0.1) is 22.3 Å². The molecule has 0 bridgehead atoms. The summed E-state index contributed by atoms with van der Waals surface area (Å²) in [5, 5.41) is 11.6. The van der Waals surface area contributed by atoms with E-state index in [0.717, 1.165) is 27.3 Å². The van der Waals surface area contributed by atoms with E-state index in [-0.39, 0.29) is 5.56 Å². The van der Waals surface area contributed by atoms with Gasteiger partial charge in [-0.1, -0.05) is 42.0 Å². The van der Waals surface area contributed by atoms with Gasteiger partial charge in [-0.25, -0.2) is 0 Å². The minimum absolute atomic E-state index is 0.0504. The van der Waals surface area contributed by atoms with E-state index in [1.165, 1.54) is 5.56 Å². The number of hydrogen-bond donors (Lipinski definition) is 0. The van der Waals surface area contributed by atoms with Gasteiger partial charge in [0.25, 0.3) is 5.56 Å². The van der Waals surface area contributed by atoms with Gasteiger partial charge in [-0.3, -0.25) is 13.8 Å². The quantitative estimate of drug-likeness (QED) is 0.461. The minimum atomic E-state index is -0.0504. The Kier molecular flexibility index (Phi) is 3.87. The summed E-state index contributed by atoms with van der Waals surface area (Å²) in [5.74, 6) is 1.34. The van der Waals surface area contributed by atoms with Crippen molar-refractivity contribution in [1.82, 2.24) is 19.2 Å². The maximum Gasteiger partial charge on any atom is 0.263 e. The zero-order valence-electron chi connectivity index (χ0n) is 15.6. The number of rotatable bonds is 3. The number of fused-ring (bicyclic) bond motifs is 3. The summed E-state index contributed by atoms with van der Waals surface area (Å²) in [5.41, 5.74) is 4.18. The van der Waals surface area contributed by atoms with Crippen LogP contribution in [0.1, 0.15) is 16.7 Å². The molecule has 0 atom stereocenters. The lowest BCUT2D eigenvalue weighted by molar-refractivity contribution is 0.766. The third-order valence-electron chi connectivity index (χ3n) is 5.03. The van der Waals surface area contributed by atoms with Crippen LogP contribution >= 0.6 is 11.3 Å². The summed E-state index contributed by atoms with van der Waals surface area (Å²) < 4.78 is 3.72. The second-order valence-corrected chi connectivity index (χ2v) is 7.90. The minimum Gasteiger partial charge on any atom is -0.272 e. The van der Waals surface area contributed by atoms with E-state index in [1.54, 1.807) is 15.9 Å². The third-order valence-corrected chi connectivity index (χ3v) is 6.05. The standard InChI is InChI=1S/C22H18N4OS/c1-14-7-9-16(10-8-14)13-25-21(27)17-5-3-4-6-18(17)26-20(23-24-22(25)26)19-15(2)11-12-28-19/h3-12H,13H2,1-2H3. The second-order valence-electron chi connectivity index (χ2n) is 6.99. The first-order valence-electron chi connectivity index (χ1n) is 9.10.